The highest BCUT2D eigenvalue weighted by Crippen LogP contribution is 2.28. The molecule has 0 saturated heterocycles. The van der Waals surface area contributed by atoms with Gasteiger partial charge in [-0.05, 0) is 48.9 Å². The van der Waals surface area contributed by atoms with Gasteiger partial charge in [0.25, 0.3) is 5.91 Å². The van der Waals surface area contributed by atoms with Crippen LogP contribution in [0.1, 0.15) is 22.8 Å². The van der Waals surface area contributed by atoms with Gasteiger partial charge in [-0.3, -0.25) is 4.79 Å². The average molecular weight is 369 g/mol. The van der Waals surface area contributed by atoms with E-state index < -0.39 is 0 Å². The molecule has 27 heavy (non-hydrogen) atoms. The minimum Gasteiger partial charge on any atom is -0.493 e. The maximum atomic E-state index is 13.0. The summed E-state index contributed by atoms with van der Waals surface area (Å²) in [5.41, 5.74) is 1.97. The van der Waals surface area contributed by atoms with E-state index in [-0.39, 0.29) is 11.7 Å². The fourth-order valence-corrected chi connectivity index (χ4v) is 2.56. The molecule has 0 radical (unpaired) electrons. The van der Waals surface area contributed by atoms with Gasteiger partial charge in [-0.25, -0.2) is 9.07 Å². The van der Waals surface area contributed by atoms with Crippen LogP contribution in [-0.2, 0) is 6.54 Å². The molecule has 1 N–H and O–H groups in total. The molecule has 0 aliphatic heterocycles. The van der Waals surface area contributed by atoms with E-state index in [2.05, 4.69) is 10.4 Å². The van der Waals surface area contributed by atoms with E-state index in [0.717, 1.165) is 5.56 Å². The molecule has 1 heterocycles. The standard InChI is InChI=1S/C20H20FN3O3/c1-3-27-18-9-4-14(10-19(18)26-2)11-22-20(25)15-12-23-24(13-15)17-7-5-16(21)6-8-17/h4-10,12-13H,3,11H2,1-2H3,(H,22,25). The van der Waals surface area contributed by atoms with Crippen LogP contribution in [0.4, 0.5) is 4.39 Å². The first-order valence-corrected chi connectivity index (χ1v) is 8.49. The number of halogens is 1. The fourth-order valence-electron chi connectivity index (χ4n) is 2.56. The molecule has 1 amide bonds. The quantitative estimate of drug-likeness (QED) is 0.694. The minimum atomic E-state index is -0.324. The Morgan fingerprint density at radius 1 is 1.19 bits per heavy atom. The summed E-state index contributed by atoms with van der Waals surface area (Å²) in [6, 6.07) is 11.4. The summed E-state index contributed by atoms with van der Waals surface area (Å²) in [4.78, 5) is 12.4. The van der Waals surface area contributed by atoms with Crippen LogP contribution in [0.15, 0.2) is 54.9 Å². The van der Waals surface area contributed by atoms with Crippen molar-refractivity contribution in [3.63, 3.8) is 0 Å². The SMILES string of the molecule is CCOc1ccc(CNC(=O)c2cnn(-c3ccc(F)cc3)c2)cc1OC. The summed E-state index contributed by atoms with van der Waals surface area (Å²) in [6.07, 6.45) is 3.07. The molecule has 0 saturated carbocycles. The summed E-state index contributed by atoms with van der Waals surface area (Å²) in [5.74, 6) is 0.703. The topological polar surface area (TPSA) is 65.4 Å². The Morgan fingerprint density at radius 3 is 2.67 bits per heavy atom. The van der Waals surface area contributed by atoms with Gasteiger partial charge in [0, 0.05) is 12.7 Å². The number of hydrogen-bond donors (Lipinski definition) is 1. The summed E-state index contributed by atoms with van der Waals surface area (Å²) in [7, 11) is 1.57. The second kappa shape index (κ2) is 8.35. The normalized spacial score (nSPS) is 10.5. The highest BCUT2D eigenvalue weighted by Gasteiger charge is 2.11. The van der Waals surface area contributed by atoms with E-state index in [9.17, 15) is 9.18 Å². The number of hydrogen-bond acceptors (Lipinski definition) is 4. The maximum absolute atomic E-state index is 13.0. The van der Waals surface area contributed by atoms with Crippen LogP contribution in [0.25, 0.3) is 5.69 Å². The fraction of sp³-hybridized carbons (Fsp3) is 0.200. The Hall–Kier alpha value is -3.35. The lowest BCUT2D eigenvalue weighted by Crippen LogP contribution is -2.22. The largest absolute Gasteiger partial charge is 0.493 e. The van der Waals surface area contributed by atoms with E-state index in [1.54, 1.807) is 25.4 Å². The zero-order valence-electron chi connectivity index (χ0n) is 15.1. The Balaban J connectivity index is 1.65. The Kier molecular flexibility index (Phi) is 5.71. The van der Waals surface area contributed by atoms with Crippen LogP contribution >= 0.6 is 0 Å². The number of rotatable bonds is 7. The summed E-state index contributed by atoms with van der Waals surface area (Å²) >= 11 is 0. The molecule has 0 atom stereocenters. The number of nitrogens with zero attached hydrogens (tertiary/aromatic N) is 2. The van der Waals surface area contributed by atoms with Crippen LogP contribution in [0.3, 0.4) is 0 Å². The number of benzene rings is 2. The second-order valence-electron chi connectivity index (χ2n) is 5.75. The van der Waals surface area contributed by atoms with Crippen LogP contribution in [0, 0.1) is 5.82 Å². The third-order valence-corrected chi connectivity index (χ3v) is 3.92. The Bertz CT molecular complexity index is 922. The highest BCUT2D eigenvalue weighted by molar-refractivity contribution is 5.93. The van der Waals surface area contributed by atoms with Crippen molar-refractivity contribution in [3.05, 3.63) is 71.8 Å². The van der Waals surface area contributed by atoms with Crippen molar-refractivity contribution in [2.24, 2.45) is 0 Å². The molecule has 3 rings (SSSR count). The monoisotopic (exact) mass is 369 g/mol. The number of carbonyl (C=O) groups is 1. The summed E-state index contributed by atoms with van der Waals surface area (Å²) < 4.78 is 25.3. The van der Waals surface area contributed by atoms with Crippen molar-refractivity contribution < 1.29 is 18.7 Å². The van der Waals surface area contributed by atoms with E-state index in [4.69, 9.17) is 9.47 Å². The van der Waals surface area contributed by atoms with Gasteiger partial charge in [0.2, 0.25) is 0 Å². The minimum absolute atomic E-state index is 0.254. The van der Waals surface area contributed by atoms with Crippen molar-refractivity contribution in [2.75, 3.05) is 13.7 Å². The molecule has 0 fully saturated rings. The van der Waals surface area contributed by atoms with Gasteiger partial charge in [-0.2, -0.15) is 5.10 Å². The van der Waals surface area contributed by atoms with E-state index in [0.29, 0.717) is 35.9 Å². The van der Waals surface area contributed by atoms with Gasteiger partial charge in [-0.15, -0.1) is 0 Å². The first-order valence-electron chi connectivity index (χ1n) is 8.49. The Labute approximate surface area is 156 Å². The number of carbonyl (C=O) groups excluding carboxylic acids is 1. The molecule has 0 unspecified atom stereocenters. The first-order chi connectivity index (χ1) is 13.1. The van der Waals surface area contributed by atoms with Gasteiger partial charge in [0.15, 0.2) is 11.5 Å². The van der Waals surface area contributed by atoms with Crippen molar-refractivity contribution in [3.8, 4) is 17.2 Å². The molecule has 1 aromatic heterocycles. The van der Waals surface area contributed by atoms with Crippen LogP contribution in [-0.4, -0.2) is 29.4 Å². The van der Waals surface area contributed by atoms with E-state index in [1.165, 1.54) is 23.0 Å². The van der Waals surface area contributed by atoms with Gasteiger partial charge >= 0.3 is 0 Å². The molecule has 0 bridgehead atoms. The zero-order chi connectivity index (χ0) is 19.2. The van der Waals surface area contributed by atoms with Gasteiger partial charge in [-0.1, -0.05) is 6.07 Å². The van der Waals surface area contributed by atoms with Crippen molar-refractivity contribution in [1.82, 2.24) is 15.1 Å². The molecular formula is C20H20FN3O3. The van der Waals surface area contributed by atoms with Crippen molar-refractivity contribution in [1.29, 1.82) is 0 Å². The van der Waals surface area contributed by atoms with Crippen LogP contribution < -0.4 is 14.8 Å². The molecule has 6 nitrogen and oxygen atoms in total. The van der Waals surface area contributed by atoms with Crippen LogP contribution in [0.5, 0.6) is 11.5 Å². The molecule has 7 heteroatoms. The van der Waals surface area contributed by atoms with Gasteiger partial charge in [0.05, 0.1) is 31.2 Å². The molecular weight excluding hydrogens is 349 g/mol. The number of methoxy groups -OCH3 is 1. The Morgan fingerprint density at radius 2 is 1.96 bits per heavy atom. The van der Waals surface area contributed by atoms with Gasteiger partial charge in [0.1, 0.15) is 5.82 Å². The smallest absolute Gasteiger partial charge is 0.254 e. The molecule has 0 spiro atoms. The number of amides is 1. The molecule has 2 aromatic carbocycles. The molecule has 140 valence electrons. The lowest BCUT2D eigenvalue weighted by atomic mass is 10.2. The third kappa shape index (κ3) is 4.44. The average Bonchev–Trinajstić information content (AvgIpc) is 3.18. The summed E-state index contributed by atoms with van der Waals surface area (Å²) in [6.45, 7) is 2.79. The predicted molar refractivity (Wildman–Crippen MR) is 98.9 cm³/mol. The van der Waals surface area contributed by atoms with E-state index in [1.807, 2.05) is 25.1 Å². The maximum Gasteiger partial charge on any atom is 0.254 e. The zero-order valence-corrected chi connectivity index (χ0v) is 15.1. The lowest BCUT2D eigenvalue weighted by Gasteiger charge is -2.11. The van der Waals surface area contributed by atoms with Gasteiger partial charge < -0.3 is 14.8 Å². The van der Waals surface area contributed by atoms with Crippen LogP contribution in [0.2, 0.25) is 0 Å². The number of aromatic nitrogens is 2. The van der Waals surface area contributed by atoms with Crippen molar-refractivity contribution >= 4 is 5.91 Å². The van der Waals surface area contributed by atoms with Crippen molar-refractivity contribution in [2.45, 2.75) is 13.5 Å². The molecule has 0 aliphatic rings. The lowest BCUT2D eigenvalue weighted by molar-refractivity contribution is 0.0951. The first kappa shape index (κ1) is 18.4. The van der Waals surface area contributed by atoms with E-state index >= 15 is 0 Å². The number of nitrogens with one attached hydrogen (secondary N) is 1. The molecule has 3 aromatic rings. The predicted octanol–water partition coefficient (Wildman–Crippen LogP) is 3.35. The second-order valence-corrected chi connectivity index (χ2v) is 5.75. The number of ether oxygens (including phenoxy) is 2. The molecule has 0 aliphatic carbocycles. The third-order valence-electron chi connectivity index (χ3n) is 3.92. The summed E-state index contributed by atoms with van der Waals surface area (Å²) in [5, 5.41) is 6.99. The highest BCUT2D eigenvalue weighted by atomic mass is 19.1.